The van der Waals surface area contributed by atoms with E-state index in [9.17, 15) is 4.79 Å². The molecule has 0 atom stereocenters. The van der Waals surface area contributed by atoms with Gasteiger partial charge in [0.05, 0.1) is 12.8 Å². The van der Waals surface area contributed by atoms with Crippen LogP contribution in [0.5, 0.6) is 0 Å². The van der Waals surface area contributed by atoms with Crippen LogP contribution in [0.1, 0.15) is 5.76 Å². The zero-order valence-electron chi connectivity index (χ0n) is 11.0. The van der Waals surface area contributed by atoms with Crippen molar-refractivity contribution < 1.29 is 13.8 Å². The maximum absolute atomic E-state index is 11.9. The molecule has 1 N–H and O–H groups in total. The van der Waals surface area contributed by atoms with Crippen molar-refractivity contribution in [3.63, 3.8) is 0 Å². The number of fused-ring (bicyclic) bond motifs is 1. The van der Waals surface area contributed by atoms with Crippen molar-refractivity contribution in [1.82, 2.24) is 5.32 Å². The third-order valence-electron chi connectivity index (χ3n) is 3.11. The van der Waals surface area contributed by atoms with Gasteiger partial charge in [-0.25, -0.2) is 0 Å². The lowest BCUT2D eigenvalue weighted by Gasteiger charge is -2.01. The molecule has 0 aliphatic rings. The second kappa shape index (κ2) is 5.57. The number of amides is 1. The van der Waals surface area contributed by atoms with E-state index in [1.54, 1.807) is 12.3 Å². The van der Waals surface area contributed by atoms with Gasteiger partial charge >= 0.3 is 0 Å². The van der Waals surface area contributed by atoms with Crippen molar-refractivity contribution >= 4 is 16.7 Å². The molecule has 3 rings (SSSR count). The molecule has 3 aromatic rings. The van der Waals surface area contributed by atoms with Crippen LogP contribution in [0.4, 0.5) is 0 Å². The summed E-state index contributed by atoms with van der Waals surface area (Å²) in [5.74, 6) is 0.712. The van der Waals surface area contributed by atoms with E-state index in [0.717, 1.165) is 11.1 Å². The van der Waals surface area contributed by atoms with Crippen LogP contribution in [0.2, 0.25) is 0 Å². The first-order valence-corrected chi connectivity index (χ1v) is 6.48. The summed E-state index contributed by atoms with van der Waals surface area (Å²) >= 11 is 0. The second-order valence-corrected chi connectivity index (χ2v) is 4.60. The summed E-state index contributed by atoms with van der Waals surface area (Å²) in [6.07, 6.45) is 5.48. The van der Waals surface area contributed by atoms with Gasteiger partial charge in [0.1, 0.15) is 5.76 Å². The minimum atomic E-state index is -0.0401. The zero-order chi connectivity index (χ0) is 13.8. The van der Waals surface area contributed by atoms with Crippen LogP contribution in [0, 0.1) is 0 Å². The number of furan rings is 1. The summed E-state index contributed by atoms with van der Waals surface area (Å²) in [6, 6.07) is 13.7. The van der Waals surface area contributed by atoms with Crippen LogP contribution >= 0.6 is 0 Å². The van der Waals surface area contributed by atoms with Crippen molar-refractivity contribution in [3.8, 4) is 0 Å². The highest BCUT2D eigenvalue weighted by molar-refractivity contribution is 5.80. The minimum Gasteiger partial charge on any atom is -0.467 e. The lowest BCUT2D eigenvalue weighted by Crippen LogP contribution is -2.42. The number of pyridine rings is 1. The molecule has 0 unspecified atom stereocenters. The van der Waals surface area contributed by atoms with Gasteiger partial charge in [-0.1, -0.05) is 18.2 Å². The van der Waals surface area contributed by atoms with E-state index in [-0.39, 0.29) is 5.91 Å². The zero-order valence-corrected chi connectivity index (χ0v) is 11.0. The van der Waals surface area contributed by atoms with Crippen molar-refractivity contribution in [3.05, 3.63) is 66.9 Å². The summed E-state index contributed by atoms with van der Waals surface area (Å²) in [7, 11) is 0. The summed E-state index contributed by atoms with van der Waals surface area (Å²) in [6.45, 7) is 0.714. The molecular formula is C16H15N2O2+. The molecule has 4 nitrogen and oxygen atoms in total. The maximum Gasteiger partial charge on any atom is 0.286 e. The van der Waals surface area contributed by atoms with Crippen LogP contribution in [-0.4, -0.2) is 5.91 Å². The predicted octanol–water partition coefficient (Wildman–Crippen LogP) is 2.04. The van der Waals surface area contributed by atoms with Crippen molar-refractivity contribution in [1.29, 1.82) is 0 Å². The number of nitrogens with zero attached hydrogens (tertiary/aromatic N) is 1. The molecule has 4 heteroatoms. The van der Waals surface area contributed by atoms with E-state index >= 15 is 0 Å². The summed E-state index contributed by atoms with van der Waals surface area (Å²) in [4.78, 5) is 11.9. The Hall–Kier alpha value is -2.62. The van der Waals surface area contributed by atoms with Gasteiger partial charge in [-0.3, -0.25) is 4.79 Å². The fraction of sp³-hybridized carbons (Fsp3) is 0.125. The highest BCUT2D eigenvalue weighted by Crippen LogP contribution is 2.09. The fourth-order valence-electron chi connectivity index (χ4n) is 2.10. The first-order chi connectivity index (χ1) is 9.81. The molecule has 0 aliphatic heterocycles. The van der Waals surface area contributed by atoms with Crippen LogP contribution in [0.3, 0.4) is 0 Å². The molecule has 0 spiro atoms. The average Bonchev–Trinajstić information content (AvgIpc) is 2.98. The quantitative estimate of drug-likeness (QED) is 0.735. The molecular weight excluding hydrogens is 252 g/mol. The highest BCUT2D eigenvalue weighted by atomic mass is 16.3. The third kappa shape index (κ3) is 2.85. The molecule has 20 heavy (non-hydrogen) atoms. The number of aromatic nitrogens is 1. The van der Waals surface area contributed by atoms with E-state index in [1.165, 1.54) is 5.39 Å². The molecule has 0 fully saturated rings. The van der Waals surface area contributed by atoms with Gasteiger partial charge in [0.25, 0.3) is 5.91 Å². The Bertz CT molecular complexity index is 720. The number of hydrogen-bond donors (Lipinski definition) is 1. The Morgan fingerprint density at radius 2 is 1.95 bits per heavy atom. The molecule has 0 saturated heterocycles. The number of benzene rings is 1. The van der Waals surface area contributed by atoms with Gasteiger partial charge in [0.15, 0.2) is 12.4 Å². The minimum absolute atomic E-state index is 0.0401. The number of nitrogens with one attached hydrogen (secondary N) is 1. The van der Waals surface area contributed by atoms with Gasteiger partial charge in [0.2, 0.25) is 6.54 Å². The summed E-state index contributed by atoms with van der Waals surface area (Å²) < 4.78 is 7.05. The lowest BCUT2D eigenvalue weighted by molar-refractivity contribution is -0.683. The van der Waals surface area contributed by atoms with Gasteiger partial charge in [-0.2, -0.15) is 4.57 Å². The fourth-order valence-corrected chi connectivity index (χ4v) is 2.10. The maximum atomic E-state index is 11.9. The number of rotatable bonds is 4. The van der Waals surface area contributed by atoms with Crippen LogP contribution in [0.25, 0.3) is 10.8 Å². The summed E-state index contributed by atoms with van der Waals surface area (Å²) in [5, 5.41) is 5.11. The first-order valence-electron chi connectivity index (χ1n) is 6.48. The number of carbonyl (C=O) groups is 1. The van der Waals surface area contributed by atoms with E-state index < -0.39 is 0 Å². The third-order valence-corrected chi connectivity index (χ3v) is 3.11. The van der Waals surface area contributed by atoms with Crippen LogP contribution < -0.4 is 9.88 Å². The molecule has 0 bridgehead atoms. The van der Waals surface area contributed by atoms with Gasteiger partial charge in [0, 0.05) is 11.5 Å². The molecule has 0 saturated carbocycles. The molecule has 0 radical (unpaired) electrons. The largest absolute Gasteiger partial charge is 0.467 e. The van der Waals surface area contributed by atoms with Crippen molar-refractivity contribution in [2.24, 2.45) is 0 Å². The Balaban J connectivity index is 1.65. The van der Waals surface area contributed by atoms with Crippen molar-refractivity contribution in [2.45, 2.75) is 13.1 Å². The van der Waals surface area contributed by atoms with E-state index in [0.29, 0.717) is 13.1 Å². The molecule has 0 aliphatic carbocycles. The van der Waals surface area contributed by atoms with E-state index in [1.807, 2.05) is 47.3 Å². The number of carbonyl (C=O) groups excluding carboxylic acids is 1. The topological polar surface area (TPSA) is 46.1 Å². The molecule has 1 aromatic carbocycles. The Morgan fingerprint density at radius 1 is 1.10 bits per heavy atom. The Kier molecular flexibility index (Phi) is 3.46. The first kappa shape index (κ1) is 12.4. The highest BCUT2D eigenvalue weighted by Gasteiger charge is 2.10. The molecule has 2 heterocycles. The molecule has 1 amide bonds. The van der Waals surface area contributed by atoms with Crippen LogP contribution in [-0.2, 0) is 17.9 Å². The van der Waals surface area contributed by atoms with Crippen molar-refractivity contribution in [2.75, 3.05) is 0 Å². The number of hydrogen-bond acceptors (Lipinski definition) is 2. The monoisotopic (exact) mass is 267 g/mol. The average molecular weight is 267 g/mol. The normalized spacial score (nSPS) is 10.6. The standard InChI is InChI=1S/C16H14N2O2/c19-16(17-10-15-6-3-9-20-15)12-18-8-7-13-4-1-2-5-14(13)11-18/h1-9,11H,10,12H2/p+1. The van der Waals surface area contributed by atoms with E-state index in [4.69, 9.17) is 4.42 Å². The Morgan fingerprint density at radius 3 is 2.75 bits per heavy atom. The van der Waals surface area contributed by atoms with Crippen LogP contribution in [0.15, 0.2) is 65.5 Å². The predicted molar refractivity (Wildman–Crippen MR) is 74.7 cm³/mol. The van der Waals surface area contributed by atoms with Gasteiger partial charge < -0.3 is 9.73 Å². The smallest absolute Gasteiger partial charge is 0.286 e. The van der Waals surface area contributed by atoms with E-state index in [2.05, 4.69) is 11.4 Å². The SMILES string of the molecule is O=C(C[n+]1ccc2ccccc2c1)NCc1ccco1. The van der Waals surface area contributed by atoms with Gasteiger partial charge in [-0.15, -0.1) is 0 Å². The van der Waals surface area contributed by atoms with Gasteiger partial charge in [-0.05, 0) is 23.6 Å². The molecule has 2 aromatic heterocycles. The Labute approximate surface area is 116 Å². The summed E-state index contributed by atoms with van der Waals surface area (Å²) in [5.41, 5.74) is 0. The second-order valence-electron chi connectivity index (χ2n) is 4.60. The molecule has 100 valence electrons. The lowest BCUT2D eigenvalue weighted by atomic mass is 10.2.